The molecule has 2 saturated heterocycles. The monoisotopic (exact) mass is 273 g/mol. The number of unbranched alkanes of at least 4 members (excludes halogenated alkanes) is 3. The molecule has 2 heterocycles. The molecule has 6 nitrogen and oxygen atoms in total. The zero-order valence-electron chi connectivity index (χ0n) is 11.2. The Morgan fingerprint density at radius 3 is 2.58 bits per heavy atom. The van der Waals surface area contributed by atoms with Crippen molar-refractivity contribution in [2.45, 2.75) is 69.4 Å². The Morgan fingerprint density at radius 1 is 1.16 bits per heavy atom. The predicted octanol–water partition coefficient (Wildman–Crippen LogP) is 0.243. The first-order valence-electron chi connectivity index (χ1n) is 7.07. The molecule has 19 heavy (non-hydrogen) atoms. The lowest BCUT2D eigenvalue weighted by Gasteiger charge is -2.44. The van der Waals surface area contributed by atoms with Gasteiger partial charge < -0.3 is 20.1 Å². The maximum Gasteiger partial charge on any atom is 0.410 e. The van der Waals surface area contributed by atoms with E-state index in [2.05, 4.69) is 6.92 Å². The molecule has 2 rings (SSSR count). The van der Waals surface area contributed by atoms with Crippen LogP contribution in [0.1, 0.15) is 39.0 Å². The first kappa shape index (κ1) is 14.6. The number of rotatable bonds is 5. The average molecular weight is 273 g/mol. The van der Waals surface area contributed by atoms with Crippen molar-refractivity contribution in [3.63, 3.8) is 0 Å². The molecule has 6 heteroatoms. The highest BCUT2D eigenvalue weighted by Crippen LogP contribution is 2.32. The van der Waals surface area contributed by atoms with Gasteiger partial charge in [0.2, 0.25) is 0 Å². The number of cyclic esters (lactones) is 1. The Labute approximate surface area is 113 Å². The van der Waals surface area contributed by atoms with Crippen molar-refractivity contribution in [1.29, 1.82) is 0 Å². The van der Waals surface area contributed by atoms with Crippen molar-refractivity contribution in [3.8, 4) is 0 Å². The summed E-state index contributed by atoms with van der Waals surface area (Å²) in [5, 5.41) is 29.8. The Morgan fingerprint density at radius 2 is 1.89 bits per heavy atom. The summed E-state index contributed by atoms with van der Waals surface area (Å²) < 4.78 is 4.93. The molecule has 2 fully saturated rings. The molecule has 3 N–H and O–H groups in total. The van der Waals surface area contributed by atoms with Crippen molar-refractivity contribution < 1.29 is 24.9 Å². The van der Waals surface area contributed by atoms with Crippen molar-refractivity contribution in [3.05, 3.63) is 0 Å². The second-order valence-corrected chi connectivity index (χ2v) is 5.44. The number of hydrogen-bond acceptors (Lipinski definition) is 5. The molecule has 0 aromatic carbocycles. The normalized spacial score (nSPS) is 38.2. The number of fused-ring (bicyclic) bond motifs is 1. The number of piperidine rings is 1. The Bertz CT molecular complexity index is 324. The molecular weight excluding hydrogens is 250 g/mol. The quantitative estimate of drug-likeness (QED) is 0.624. The van der Waals surface area contributed by atoms with Gasteiger partial charge in [-0.1, -0.05) is 32.6 Å². The molecule has 0 bridgehead atoms. The van der Waals surface area contributed by atoms with E-state index in [1.807, 2.05) is 0 Å². The van der Waals surface area contributed by atoms with E-state index in [4.69, 9.17) is 4.74 Å². The van der Waals surface area contributed by atoms with E-state index >= 15 is 0 Å². The number of nitrogens with zero attached hydrogens (tertiary/aromatic N) is 1. The van der Waals surface area contributed by atoms with E-state index in [1.165, 1.54) is 4.90 Å². The standard InChI is InChI=1S/C13H23NO5/c1-2-3-4-5-6-8-10(15)12(17)11(16)9-7-19-13(18)14(8)9/h8-12,15-17H,2-7H2,1H3/t8-,9+,10-,11+,12+/m0/s1. The fourth-order valence-corrected chi connectivity index (χ4v) is 3.00. The van der Waals surface area contributed by atoms with E-state index in [-0.39, 0.29) is 6.61 Å². The van der Waals surface area contributed by atoms with Crippen molar-refractivity contribution in [1.82, 2.24) is 4.90 Å². The number of carbonyl (C=O) groups is 1. The summed E-state index contributed by atoms with van der Waals surface area (Å²) in [7, 11) is 0. The second kappa shape index (κ2) is 6.07. The third kappa shape index (κ3) is 2.70. The molecule has 2 aliphatic rings. The molecule has 0 radical (unpaired) electrons. The topological polar surface area (TPSA) is 90.2 Å². The van der Waals surface area contributed by atoms with Crippen LogP contribution in [0.5, 0.6) is 0 Å². The molecule has 0 spiro atoms. The fourth-order valence-electron chi connectivity index (χ4n) is 3.00. The van der Waals surface area contributed by atoms with Crippen molar-refractivity contribution in [2.75, 3.05) is 6.61 Å². The lowest BCUT2D eigenvalue weighted by Crippen LogP contribution is -2.65. The maximum absolute atomic E-state index is 11.7. The predicted molar refractivity (Wildman–Crippen MR) is 67.5 cm³/mol. The van der Waals surface area contributed by atoms with Gasteiger partial charge in [0.25, 0.3) is 0 Å². The molecule has 0 saturated carbocycles. The van der Waals surface area contributed by atoms with Crippen LogP contribution in [0.3, 0.4) is 0 Å². The molecule has 1 amide bonds. The minimum absolute atomic E-state index is 0.0786. The minimum Gasteiger partial charge on any atom is -0.447 e. The average Bonchev–Trinajstić information content (AvgIpc) is 2.78. The van der Waals surface area contributed by atoms with E-state index in [1.54, 1.807) is 0 Å². The summed E-state index contributed by atoms with van der Waals surface area (Å²) in [6.45, 7) is 2.19. The van der Waals surface area contributed by atoms with Crippen LogP contribution in [0, 0.1) is 0 Å². The second-order valence-electron chi connectivity index (χ2n) is 5.44. The lowest BCUT2D eigenvalue weighted by atomic mass is 9.86. The molecule has 110 valence electrons. The Balaban J connectivity index is 2.03. The molecule has 5 atom stereocenters. The highest BCUT2D eigenvalue weighted by atomic mass is 16.6. The number of hydrogen-bond donors (Lipinski definition) is 3. The van der Waals surface area contributed by atoms with Crippen LogP contribution in [-0.2, 0) is 4.74 Å². The van der Waals surface area contributed by atoms with Gasteiger partial charge in [-0.15, -0.1) is 0 Å². The lowest BCUT2D eigenvalue weighted by molar-refractivity contribution is -0.143. The maximum atomic E-state index is 11.7. The first-order valence-corrected chi connectivity index (χ1v) is 7.07. The summed E-state index contributed by atoms with van der Waals surface area (Å²) >= 11 is 0. The number of ether oxygens (including phenoxy) is 1. The van der Waals surface area contributed by atoms with Crippen molar-refractivity contribution >= 4 is 6.09 Å². The van der Waals surface area contributed by atoms with Crippen LogP contribution in [0.25, 0.3) is 0 Å². The third-order valence-electron chi connectivity index (χ3n) is 4.14. The zero-order valence-corrected chi connectivity index (χ0v) is 11.2. The van der Waals surface area contributed by atoms with Crippen LogP contribution in [-0.4, -0.2) is 63.3 Å². The van der Waals surface area contributed by atoms with Gasteiger partial charge in [0.1, 0.15) is 24.9 Å². The van der Waals surface area contributed by atoms with Crippen LogP contribution in [0.2, 0.25) is 0 Å². The molecule has 0 aromatic heterocycles. The summed E-state index contributed by atoms with van der Waals surface area (Å²) in [6.07, 6.45) is 0.789. The molecule has 0 aromatic rings. The van der Waals surface area contributed by atoms with Gasteiger partial charge in [-0.2, -0.15) is 0 Å². The van der Waals surface area contributed by atoms with E-state index in [0.717, 1.165) is 25.7 Å². The smallest absolute Gasteiger partial charge is 0.410 e. The minimum atomic E-state index is -1.22. The van der Waals surface area contributed by atoms with E-state index in [0.29, 0.717) is 6.42 Å². The Kier molecular flexibility index (Phi) is 4.65. The largest absolute Gasteiger partial charge is 0.447 e. The van der Waals surface area contributed by atoms with E-state index in [9.17, 15) is 20.1 Å². The van der Waals surface area contributed by atoms with Gasteiger partial charge >= 0.3 is 6.09 Å². The number of aliphatic hydroxyl groups excluding tert-OH is 3. The third-order valence-corrected chi connectivity index (χ3v) is 4.14. The van der Waals surface area contributed by atoms with Crippen LogP contribution in [0.4, 0.5) is 4.79 Å². The zero-order chi connectivity index (χ0) is 14.0. The van der Waals surface area contributed by atoms with Gasteiger partial charge in [0, 0.05) is 0 Å². The van der Waals surface area contributed by atoms with Crippen LogP contribution < -0.4 is 0 Å². The van der Waals surface area contributed by atoms with Crippen LogP contribution >= 0.6 is 0 Å². The van der Waals surface area contributed by atoms with Gasteiger partial charge in [0.05, 0.1) is 12.1 Å². The highest BCUT2D eigenvalue weighted by Gasteiger charge is 2.53. The molecule has 2 aliphatic heterocycles. The number of amides is 1. The fraction of sp³-hybridized carbons (Fsp3) is 0.923. The molecule has 0 aliphatic carbocycles. The molecular formula is C13H23NO5. The summed E-state index contributed by atoms with van der Waals surface area (Å²) in [6, 6.07) is -1.00. The first-order chi connectivity index (χ1) is 9.07. The Hall–Kier alpha value is -0.850. The number of aliphatic hydroxyl groups is 3. The SMILES string of the molecule is CCCCCC[C@H]1[C@H](O)[C@@H](O)[C@H](O)[C@H]2COC(=O)N21. The highest BCUT2D eigenvalue weighted by molar-refractivity contribution is 5.71. The summed E-state index contributed by atoms with van der Waals surface area (Å²) in [4.78, 5) is 13.1. The van der Waals surface area contributed by atoms with Gasteiger partial charge in [-0.25, -0.2) is 4.79 Å². The van der Waals surface area contributed by atoms with Crippen molar-refractivity contribution in [2.24, 2.45) is 0 Å². The number of carbonyl (C=O) groups excluding carboxylic acids is 1. The van der Waals surface area contributed by atoms with Gasteiger partial charge in [-0.3, -0.25) is 4.90 Å². The van der Waals surface area contributed by atoms with Crippen LogP contribution in [0.15, 0.2) is 0 Å². The molecule has 0 unspecified atom stereocenters. The van der Waals surface area contributed by atoms with Gasteiger partial charge in [0.15, 0.2) is 0 Å². The summed E-state index contributed by atoms with van der Waals surface area (Å²) in [5.74, 6) is 0. The van der Waals surface area contributed by atoms with E-state index < -0.39 is 36.5 Å². The van der Waals surface area contributed by atoms with Gasteiger partial charge in [-0.05, 0) is 6.42 Å². The summed E-state index contributed by atoms with van der Waals surface area (Å²) in [5.41, 5.74) is 0.